The van der Waals surface area contributed by atoms with Gasteiger partial charge in [-0.05, 0) is 24.7 Å². The summed E-state index contributed by atoms with van der Waals surface area (Å²) in [5.74, 6) is 3.35. The van der Waals surface area contributed by atoms with E-state index < -0.39 is 0 Å². The summed E-state index contributed by atoms with van der Waals surface area (Å²) in [4.78, 5) is 4.51. The summed E-state index contributed by atoms with van der Waals surface area (Å²) in [5.41, 5.74) is 7.24. The van der Waals surface area contributed by atoms with Crippen molar-refractivity contribution in [3.8, 4) is 0 Å². The van der Waals surface area contributed by atoms with Gasteiger partial charge in [-0.3, -0.25) is 0 Å². The molecule has 1 aliphatic rings. The fraction of sp³-hybridized carbons (Fsp3) is 0.750. The molecule has 0 radical (unpaired) electrons. The highest BCUT2D eigenvalue weighted by molar-refractivity contribution is 5.38. The molecule has 1 aromatic rings. The summed E-state index contributed by atoms with van der Waals surface area (Å²) in [5, 5.41) is 0. The average molecular weight is 207 g/mol. The molecule has 2 N–H and O–H groups in total. The topological polar surface area (TPSA) is 43.8 Å². The molecule has 2 rings (SSSR count). The van der Waals surface area contributed by atoms with Crippen LogP contribution in [0.25, 0.3) is 0 Å². The van der Waals surface area contributed by atoms with Gasteiger partial charge in [0, 0.05) is 13.0 Å². The first kappa shape index (κ1) is 10.5. The lowest BCUT2D eigenvalue weighted by molar-refractivity contribution is 0.405. The smallest absolute Gasteiger partial charge is 0.145 e. The fourth-order valence-electron chi connectivity index (χ4n) is 2.34. The van der Waals surface area contributed by atoms with Gasteiger partial charge in [0.15, 0.2) is 0 Å². The van der Waals surface area contributed by atoms with Crippen molar-refractivity contribution in [3.05, 3.63) is 11.5 Å². The molecule has 3 nitrogen and oxygen atoms in total. The maximum Gasteiger partial charge on any atom is 0.145 e. The Morgan fingerprint density at radius 1 is 1.53 bits per heavy atom. The number of fused-ring (bicyclic) bond motifs is 1. The van der Waals surface area contributed by atoms with Gasteiger partial charge in [0.1, 0.15) is 11.6 Å². The van der Waals surface area contributed by atoms with Gasteiger partial charge in [-0.25, -0.2) is 4.98 Å². The third-order valence-electron chi connectivity index (χ3n) is 3.16. The minimum absolute atomic E-state index is 0.648. The number of hydrogen-bond donors (Lipinski definition) is 1. The number of anilines is 1. The lowest BCUT2D eigenvalue weighted by atomic mass is 9.98. The van der Waals surface area contributed by atoms with E-state index in [9.17, 15) is 0 Å². The largest absolute Gasteiger partial charge is 0.382 e. The maximum atomic E-state index is 5.97. The van der Waals surface area contributed by atoms with Crippen LogP contribution in [0.15, 0.2) is 0 Å². The van der Waals surface area contributed by atoms with E-state index in [2.05, 4.69) is 30.3 Å². The Bertz CT molecular complexity index is 352. The summed E-state index contributed by atoms with van der Waals surface area (Å²) in [6, 6.07) is 0. The van der Waals surface area contributed by atoms with Crippen molar-refractivity contribution in [2.45, 2.75) is 46.6 Å². The van der Waals surface area contributed by atoms with E-state index in [1.54, 1.807) is 0 Å². The molecule has 1 aromatic heterocycles. The predicted molar refractivity (Wildman–Crippen MR) is 62.7 cm³/mol. The molecule has 0 bridgehead atoms. The molecular weight excluding hydrogens is 186 g/mol. The Labute approximate surface area is 91.7 Å². The molecule has 0 saturated carbocycles. The Kier molecular flexibility index (Phi) is 2.72. The lowest BCUT2D eigenvalue weighted by Gasteiger charge is -2.22. The van der Waals surface area contributed by atoms with E-state index >= 15 is 0 Å². The monoisotopic (exact) mass is 207 g/mol. The predicted octanol–water partition coefficient (Wildman–Crippen LogP) is 2.25. The molecule has 0 aromatic carbocycles. The molecule has 3 heteroatoms. The summed E-state index contributed by atoms with van der Waals surface area (Å²) in [6.45, 7) is 7.84. The van der Waals surface area contributed by atoms with Crippen LogP contribution in [0.5, 0.6) is 0 Å². The third kappa shape index (κ3) is 2.01. The van der Waals surface area contributed by atoms with Gasteiger partial charge in [0.2, 0.25) is 0 Å². The van der Waals surface area contributed by atoms with Crippen molar-refractivity contribution in [2.24, 2.45) is 11.8 Å². The van der Waals surface area contributed by atoms with E-state index in [1.807, 2.05) is 0 Å². The normalized spacial score (nSPS) is 20.7. The average Bonchev–Trinajstić information content (AvgIpc) is 2.42. The minimum Gasteiger partial charge on any atom is -0.382 e. The molecule has 0 fully saturated rings. The van der Waals surface area contributed by atoms with Gasteiger partial charge < -0.3 is 10.3 Å². The van der Waals surface area contributed by atoms with Crippen LogP contribution in [0.4, 0.5) is 5.82 Å². The Morgan fingerprint density at radius 3 is 2.93 bits per heavy atom. The molecule has 1 unspecified atom stereocenters. The van der Waals surface area contributed by atoms with Crippen LogP contribution < -0.4 is 5.73 Å². The Hall–Kier alpha value is -0.990. The van der Waals surface area contributed by atoms with Gasteiger partial charge >= 0.3 is 0 Å². The zero-order valence-electron chi connectivity index (χ0n) is 9.95. The lowest BCUT2D eigenvalue weighted by Crippen LogP contribution is -2.19. The second kappa shape index (κ2) is 3.87. The van der Waals surface area contributed by atoms with Crippen LogP contribution in [-0.2, 0) is 19.4 Å². The molecule has 1 atom stereocenters. The van der Waals surface area contributed by atoms with E-state index in [1.165, 1.54) is 17.9 Å². The van der Waals surface area contributed by atoms with Crippen LogP contribution in [0, 0.1) is 11.8 Å². The number of hydrogen-bond acceptors (Lipinski definition) is 2. The summed E-state index contributed by atoms with van der Waals surface area (Å²) in [7, 11) is 0. The highest BCUT2D eigenvalue weighted by Crippen LogP contribution is 2.26. The molecule has 0 amide bonds. The zero-order chi connectivity index (χ0) is 11.0. The Morgan fingerprint density at radius 2 is 2.27 bits per heavy atom. The molecule has 84 valence electrons. The minimum atomic E-state index is 0.648. The quantitative estimate of drug-likeness (QED) is 0.808. The van der Waals surface area contributed by atoms with E-state index in [-0.39, 0.29) is 0 Å². The molecule has 15 heavy (non-hydrogen) atoms. The third-order valence-corrected chi connectivity index (χ3v) is 3.16. The van der Waals surface area contributed by atoms with Gasteiger partial charge in [-0.15, -0.1) is 0 Å². The number of nitrogens with zero attached hydrogens (tertiary/aromatic N) is 2. The molecule has 0 saturated heterocycles. The van der Waals surface area contributed by atoms with E-state index in [0.29, 0.717) is 5.92 Å². The standard InChI is InChI=1S/C12H21N3/c1-8(2)6-11-14-12(13)10-7-9(3)4-5-15(10)11/h8-9H,4-7,13H2,1-3H3. The summed E-state index contributed by atoms with van der Waals surface area (Å²) in [6.07, 6.45) is 3.39. The van der Waals surface area contributed by atoms with Gasteiger partial charge in [-0.2, -0.15) is 0 Å². The van der Waals surface area contributed by atoms with Crippen molar-refractivity contribution in [2.75, 3.05) is 5.73 Å². The van der Waals surface area contributed by atoms with Crippen molar-refractivity contribution < 1.29 is 0 Å². The second-order valence-corrected chi connectivity index (χ2v) is 5.21. The first-order chi connectivity index (χ1) is 7.08. The van der Waals surface area contributed by atoms with Crippen molar-refractivity contribution >= 4 is 5.82 Å². The highest BCUT2D eigenvalue weighted by Gasteiger charge is 2.22. The molecule has 1 aliphatic heterocycles. The van der Waals surface area contributed by atoms with Crippen LogP contribution >= 0.6 is 0 Å². The number of aromatic nitrogens is 2. The highest BCUT2D eigenvalue weighted by atomic mass is 15.1. The van der Waals surface area contributed by atoms with Gasteiger partial charge in [-0.1, -0.05) is 20.8 Å². The summed E-state index contributed by atoms with van der Waals surface area (Å²) >= 11 is 0. The Balaban J connectivity index is 2.31. The molecular formula is C12H21N3. The van der Waals surface area contributed by atoms with Gasteiger partial charge in [0.25, 0.3) is 0 Å². The van der Waals surface area contributed by atoms with Gasteiger partial charge in [0.05, 0.1) is 5.69 Å². The second-order valence-electron chi connectivity index (χ2n) is 5.21. The number of imidazole rings is 1. The van der Waals surface area contributed by atoms with Crippen molar-refractivity contribution in [3.63, 3.8) is 0 Å². The SMILES string of the molecule is CC(C)Cc1nc(N)c2n1CCC(C)C2. The van der Waals surface area contributed by atoms with Crippen molar-refractivity contribution in [1.82, 2.24) is 9.55 Å². The van der Waals surface area contributed by atoms with E-state index in [0.717, 1.165) is 31.1 Å². The molecule has 0 spiro atoms. The summed E-state index contributed by atoms with van der Waals surface area (Å²) < 4.78 is 2.34. The van der Waals surface area contributed by atoms with Crippen LogP contribution in [0.3, 0.4) is 0 Å². The maximum absolute atomic E-state index is 5.97. The van der Waals surface area contributed by atoms with Crippen molar-refractivity contribution in [1.29, 1.82) is 0 Å². The number of rotatable bonds is 2. The van der Waals surface area contributed by atoms with Crippen LogP contribution in [0.1, 0.15) is 38.7 Å². The fourth-order valence-corrected chi connectivity index (χ4v) is 2.34. The van der Waals surface area contributed by atoms with Crippen LogP contribution in [-0.4, -0.2) is 9.55 Å². The first-order valence-corrected chi connectivity index (χ1v) is 5.91. The molecule has 2 heterocycles. The number of nitrogen functional groups attached to an aromatic ring is 1. The first-order valence-electron chi connectivity index (χ1n) is 5.91. The zero-order valence-corrected chi connectivity index (χ0v) is 9.95. The van der Waals surface area contributed by atoms with Crippen LogP contribution in [0.2, 0.25) is 0 Å². The number of nitrogens with two attached hydrogens (primary N) is 1. The molecule has 0 aliphatic carbocycles. The van der Waals surface area contributed by atoms with E-state index in [4.69, 9.17) is 5.73 Å².